The van der Waals surface area contributed by atoms with Crippen LogP contribution >= 0.6 is 0 Å². The van der Waals surface area contributed by atoms with E-state index in [1.165, 1.54) is 12.1 Å². The van der Waals surface area contributed by atoms with Crippen LogP contribution in [0.2, 0.25) is 0 Å². The van der Waals surface area contributed by atoms with Crippen molar-refractivity contribution in [3.05, 3.63) is 76.0 Å². The van der Waals surface area contributed by atoms with Crippen molar-refractivity contribution in [2.24, 2.45) is 0 Å². The van der Waals surface area contributed by atoms with Crippen molar-refractivity contribution >= 4 is 0 Å². The van der Waals surface area contributed by atoms with Gasteiger partial charge < -0.3 is 9.72 Å². The number of nitrogens with zero attached hydrogens (tertiary/aromatic N) is 3. The maximum atomic E-state index is 12.4. The number of halogens is 3. The summed E-state index contributed by atoms with van der Waals surface area (Å²) in [5, 5.41) is 0. The van der Waals surface area contributed by atoms with E-state index in [4.69, 9.17) is 0 Å². The van der Waals surface area contributed by atoms with E-state index in [0.717, 1.165) is 11.1 Å². The summed E-state index contributed by atoms with van der Waals surface area (Å²) >= 11 is 0. The zero-order chi connectivity index (χ0) is 20.4. The molecule has 0 unspecified atom stereocenters. The number of ether oxygens (including phenoxy) is 1. The van der Waals surface area contributed by atoms with Crippen molar-refractivity contribution in [1.82, 2.24) is 19.9 Å². The Morgan fingerprint density at radius 3 is 2.66 bits per heavy atom. The van der Waals surface area contributed by atoms with Crippen LogP contribution in [0.5, 0.6) is 5.75 Å². The molecule has 0 fully saturated rings. The predicted molar refractivity (Wildman–Crippen MR) is 99.0 cm³/mol. The van der Waals surface area contributed by atoms with Gasteiger partial charge in [0.1, 0.15) is 11.6 Å². The Kier molecular flexibility index (Phi) is 5.06. The van der Waals surface area contributed by atoms with E-state index in [1.807, 2.05) is 6.07 Å². The Bertz CT molecular complexity index is 1050. The highest BCUT2D eigenvalue weighted by Crippen LogP contribution is 2.24. The summed E-state index contributed by atoms with van der Waals surface area (Å²) < 4.78 is 40.7. The highest BCUT2D eigenvalue weighted by molar-refractivity contribution is 5.53. The highest BCUT2D eigenvalue weighted by Gasteiger charge is 2.31. The van der Waals surface area contributed by atoms with Gasteiger partial charge in [0.25, 0.3) is 5.56 Å². The average molecular weight is 402 g/mol. The molecule has 0 amide bonds. The van der Waals surface area contributed by atoms with E-state index < -0.39 is 6.36 Å². The molecule has 3 aromatic rings. The van der Waals surface area contributed by atoms with E-state index in [2.05, 4.69) is 24.6 Å². The third-order valence-electron chi connectivity index (χ3n) is 4.65. The molecule has 29 heavy (non-hydrogen) atoms. The van der Waals surface area contributed by atoms with E-state index in [0.29, 0.717) is 43.1 Å². The molecule has 2 aromatic heterocycles. The van der Waals surface area contributed by atoms with Gasteiger partial charge in [0, 0.05) is 43.2 Å². The summed E-state index contributed by atoms with van der Waals surface area (Å²) in [6.07, 6.45) is -0.869. The topological polar surface area (TPSA) is 71.1 Å². The van der Waals surface area contributed by atoms with Gasteiger partial charge in [-0.15, -0.1) is 13.2 Å². The summed E-state index contributed by atoms with van der Waals surface area (Å²) in [5.74, 6) is 0.219. The van der Waals surface area contributed by atoms with E-state index in [9.17, 15) is 18.0 Å². The van der Waals surface area contributed by atoms with Crippen LogP contribution in [0.4, 0.5) is 13.2 Å². The fourth-order valence-electron chi connectivity index (χ4n) is 3.32. The summed E-state index contributed by atoms with van der Waals surface area (Å²) in [6, 6.07) is 9.39. The summed E-state index contributed by atoms with van der Waals surface area (Å²) in [4.78, 5) is 26.0. The predicted octanol–water partition coefficient (Wildman–Crippen LogP) is 3.29. The van der Waals surface area contributed by atoms with E-state index >= 15 is 0 Å². The minimum Gasteiger partial charge on any atom is -0.406 e. The van der Waals surface area contributed by atoms with Gasteiger partial charge in [0.2, 0.25) is 0 Å². The first-order valence-corrected chi connectivity index (χ1v) is 8.97. The van der Waals surface area contributed by atoms with Crippen molar-refractivity contribution < 1.29 is 17.9 Å². The molecule has 0 aliphatic carbocycles. The van der Waals surface area contributed by atoms with E-state index in [1.54, 1.807) is 30.6 Å². The van der Waals surface area contributed by atoms with E-state index in [-0.39, 0.29) is 11.3 Å². The summed E-state index contributed by atoms with van der Waals surface area (Å²) in [6.45, 7) is 1.67. The Balaban J connectivity index is 1.50. The maximum Gasteiger partial charge on any atom is 0.573 e. The molecule has 1 aliphatic rings. The second-order valence-electron chi connectivity index (χ2n) is 6.73. The first-order valence-electron chi connectivity index (χ1n) is 8.97. The number of H-pyrrole nitrogens is 1. The average Bonchev–Trinajstić information content (AvgIpc) is 2.69. The van der Waals surface area contributed by atoms with Crippen LogP contribution in [0.15, 0.2) is 53.6 Å². The molecule has 0 saturated carbocycles. The summed E-state index contributed by atoms with van der Waals surface area (Å²) in [5.41, 5.74) is 2.80. The molecule has 0 radical (unpaired) electrons. The fraction of sp³-hybridized carbons (Fsp3) is 0.250. The van der Waals surface area contributed by atoms with Crippen LogP contribution in [-0.4, -0.2) is 32.8 Å². The Morgan fingerprint density at radius 2 is 1.97 bits per heavy atom. The molecular weight excluding hydrogens is 385 g/mol. The molecule has 1 N–H and O–H groups in total. The molecule has 9 heteroatoms. The van der Waals surface area contributed by atoms with Crippen molar-refractivity contribution in [3.8, 4) is 17.1 Å². The second kappa shape index (κ2) is 7.67. The molecule has 0 spiro atoms. The maximum absolute atomic E-state index is 12.4. The molecule has 4 rings (SSSR count). The van der Waals surface area contributed by atoms with Crippen LogP contribution in [0, 0.1) is 0 Å². The standard InChI is InChI=1S/C20H17F3N4O2/c21-20(22,23)29-15-5-3-13(4-6-15)11-27-9-7-16-17(12-27)25-18(26-19(16)28)14-2-1-8-24-10-14/h1-6,8,10H,7,9,11-12H2,(H,25,26,28). The first kappa shape index (κ1) is 19.1. The lowest BCUT2D eigenvalue weighted by Gasteiger charge is -2.27. The number of nitrogens with one attached hydrogen (secondary N) is 1. The second-order valence-corrected chi connectivity index (χ2v) is 6.73. The molecule has 150 valence electrons. The number of hydrogen-bond donors (Lipinski definition) is 1. The number of aromatic amines is 1. The Hall–Kier alpha value is -3.20. The SMILES string of the molecule is O=c1[nH]c(-c2cccnc2)nc2c1CCN(Cc1ccc(OC(F)(F)F)cc1)C2. The summed E-state index contributed by atoms with van der Waals surface area (Å²) in [7, 11) is 0. The van der Waals surface area contributed by atoms with Gasteiger partial charge in [-0.3, -0.25) is 14.7 Å². The monoisotopic (exact) mass is 402 g/mol. The zero-order valence-electron chi connectivity index (χ0n) is 15.2. The fourth-order valence-corrected chi connectivity index (χ4v) is 3.32. The minimum atomic E-state index is -4.71. The lowest BCUT2D eigenvalue weighted by atomic mass is 10.1. The third-order valence-corrected chi connectivity index (χ3v) is 4.65. The number of alkyl halides is 3. The highest BCUT2D eigenvalue weighted by atomic mass is 19.4. The largest absolute Gasteiger partial charge is 0.573 e. The molecule has 0 atom stereocenters. The van der Waals surface area contributed by atoms with Gasteiger partial charge in [0.15, 0.2) is 0 Å². The molecule has 0 saturated heterocycles. The van der Waals surface area contributed by atoms with Crippen LogP contribution in [0.1, 0.15) is 16.8 Å². The number of rotatable bonds is 4. The Labute approximate surface area is 164 Å². The first-order chi connectivity index (χ1) is 13.9. The van der Waals surface area contributed by atoms with Crippen molar-refractivity contribution in [1.29, 1.82) is 0 Å². The van der Waals surface area contributed by atoms with Crippen LogP contribution < -0.4 is 10.3 Å². The van der Waals surface area contributed by atoms with Crippen molar-refractivity contribution in [3.63, 3.8) is 0 Å². The van der Waals surface area contributed by atoms with Gasteiger partial charge in [0.05, 0.1) is 5.69 Å². The lowest BCUT2D eigenvalue weighted by Crippen LogP contribution is -2.35. The molecule has 6 nitrogen and oxygen atoms in total. The van der Waals surface area contributed by atoms with Crippen molar-refractivity contribution in [2.75, 3.05) is 6.54 Å². The van der Waals surface area contributed by atoms with Crippen LogP contribution in [0.3, 0.4) is 0 Å². The normalized spacial score (nSPS) is 14.4. The van der Waals surface area contributed by atoms with Gasteiger partial charge >= 0.3 is 6.36 Å². The van der Waals surface area contributed by atoms with Crippen molar-refractivity contribution in [2.45, 2.75) is 25.9 Å². The smallest absolute Gasteiger partial charge is 0.406 e. The minimum absolute atomic E-state index is 0.151. The van der Waals surface area contributed by atoms with Gasteiger partial charge in [-0.2, -0.15) is 0 Å². The molecule has 1 aliphatic heterocycles. The number of pyridine rings is 1. The third kappa shape index (κ3) is 4.62. The number of aromatic nitrogens is 3. The molecule has 0 bridgehead atoms. The number of benzene rings is 1. The van der Waals surface area contributed by atoms with Gasteiger partial charge in [-0.25, -0.2) is 4.98 Å². The lowest BCUT2D eigenvalue weighted by molar-refractivity contribution is -0.274. The number of hydrogen-bond acceptors (Lipinski definition) is 5. The van der Waals surface area contributed by atoms with Gasteiger partial charge in [-0.05, 0) is 36.2 Å². The molecule has 3 heterocycles. The van der Waals surface area contributed by atoms with Crippen LogP contribution in [-0.2, 0) is 19.5 Å². The number of fused-ring (bicyclic) bond motifs is 1. The molecular formula is C20H17F3N4O2. The quantitative estimate of drug-likeness (QED) is 0.725. The molecule has 1 aromatic carbocycles. The van der Waals surface area contributed by atoms with Crippen LogP contribution in [0.25, 0.3) is 11.4 Å². The van der Waals surface area contributed by atoms with Gasteiger partial charge in [-0.1, -0.05) is 12.1 Å². The zero-order valence-corrected chi connectivity index (χ0v) is 15.2. The Morgan fingerprint density at radius 1 is 1.17 bits per heavy atom.